The van der Waals surface area contributed by atoms with Crippen molar-refractivity contribution >= 4 is 11.8 Å². The molecule has 1 fully saturated rings. The standard InChI is InChI=1S/C11H14N4S/c12-5-10-9-6-13-7-11(9)15(14-10)8-1-3-16-4-2-8/h8,13H,1-4,6-7H2. The molecule has 0 unspecified atom stereocenters. The summed E-state index contributed by atoms with van der Waals surface area (Å²) in [7, 11) is 0. The van der Waals surface area contributed by atoms with Crippen LogP contribution in [0.25, 0.3) is 0 Å². The Hall–Kier alpha value is -0.990. The van der Waals surface area contributed by atoms with Gasteiger partial charge in [0, 0.05) is 18.7 Å². The Morgan fingerprint density at radius 3 is 2.94 bits per heavy atom. The van der Waals surface area contributed by atoms with Gasteiger partial charge in [0.2, 0.25) is 0 Å². The van der Waals surface area contributed by atoms with Crippen LogP contribution in [-0.4, -0.2) is 21.3 Å². The van der Waals surface area contributed by atoms with E-state index < -0.39 is 0 Å². The molecule has 0 aromatic carbocycles. The lowest BCUT2D eigenvalue weighted by Gasteiger charge is -2.23. The Balaban J connectivity index is 1.98. The number of nitriles is 1. The zero-order valence-corrected chi connectivity index (χ0v) is 9.89. The van der Waals surface area contributed by atoms with Crippen LogP contribution in [0.4, 0.5) is 0 Å². The predicted molar refractivity (Wildman–Crippen MR) is 63.1 cm³/mol. The molecular formula is C11H14N4S. The van der Waals surface area contributed by atoms with Gasteiger partial charge in [0.25, 0.3) is 0 Å². The second-order valence-electron chi connectivity index (χ2n) is 4.28. The molecule has 1 aromatic rings. The highest BCUT2D eigenvalue weighted by molar-refractivity contribution is 7.99. The van der Waals surface area contributed by atoms with Crippen LogP contribution >= 0.6 is 11.8 Å². The quantitative estimate of drug-likeness (QED) is 0.798. The van der Waals surface area contributed by atoms with Gasteiger partial charge in [0.1, 0.15) is 6.07 Å². The van der Waals surface area contributed by atoms with Gasteiger partial charge in [0.15, 0.2) is 5.69 Å². The van der Waals surface area contributed by atoms with Gasteiger partial charge in [-0.05, 0) is 24.3 Å². The molecule has 16 heavy (non-hydrogen) atoms. The maximum Gasteiger partial charge on any atom is 0.167 e. The second-order valence-corrected chi connectivity index (χ2v) is 5.50. The summed E-state index contributed by atoms with van der Waals surface area (Å²) < 4.78 is 2.12. The monoisotopic (exact) mass is 234 g/mol. The van der Waals surface area contributed by atoms with Crippen LogP contribution in [0.5, 0.6) is 0 Å². The van der Waals surface area contributed by atoms with Crippen LogP contribution in [0, 0.1) is 11.3 Å². The van der Waals surface area contributed by atoms with Gasteiger partial charge >= 0.3 is 0 Å². The first-order chi connectivity index (χ1) is 7.90. The van der Waals surface area contributed by atoms with E-state index in [9.17, 15) is 0 Å². The molecule has 0 radical (unpaired) electrons. The minimum absolute atomic E-state index is 0.511. The van der Waals surface area contributed by atoms with E-state index >= 15 is 0 Å². The maximum absolute atomic E-state index is 9.06. The van der Waals surface area contributed by atoms with Crippen molar-refractivity contribution in [2.45, 2.75) is 32.0 Å². The lowest BCUT2D eigenvalue weighted by molar-refractivity contribution is 0.411. The van der Waals surface area contributed by atoms with E-state index in [0.717, 1.165) is 18.7 Å². The van der Waals surface area contributed by atoms with Crippen LogP contribution < -0.4 is 5.32 Å². The zero-order valence-electron chi connectivity index (χ0n) is 9.07. The van der Waals surface area contributed by atoms with Crippen molar-refractivity contribution in [2.24, 2.45) is 0 Å². The van der Waals surface area contributed by atoms with E-state index in [-0.39, 0.29) is 0 Å². The van der Waals surface area contributed by atoms with E-state index in [2.05, 4.69) is 21.2 Å². The molecule has 0 saturated carbocycles. The summed E-state index contributed by atoms with van der Waals surface area (Å²) in [5.41, 5.74) is 2.99. The van der Waals surface area contributed by atoms with Gasteiger partial charge in [0.05, 0.1) is 11.7 Å². The number of hydrogen-bond donors (Lipinski definition) is 1. The third-order valence-electron chi connectivity index (χ3n) is 3.36. The summed E-state index contributed by atoms with van der Waals surface area (Å²) >= 11 is 2.02. The maximum atomic E-state index is 9.06. The topological polar surface area (TPSA) is 53.6 Å². The molecule has 0 bridgehead atoms. The second kappa shape index (κ2) is 4.11. The molecule has 0 spiro atoms. The van der Waals surface area contributed by atoms with E-state index in [4.69, 9.17) is 5.26 Å². The molecule has 4 nitrogen and oxygen atoms in total. The number of aromatic nitrogens is 2. The normalized spacial score (nSPS) is 20.7. The van der Waals surface area contributed by atoms with Crippen LogP contribution in [0.2, 0.25) is 0 Å². The molecule has 1 aromatic heterocycles. The summed E-state index contributed by atoms with van der Waals surface area (Å²) in [6.07, 6.45) is 2.37. The first-order valence-corrected chi connectivity index (χ1v) is 6.84. The fourth-order valence-corrected chi connectivity index (χ4v) is 3.59. The minimum atomic E-state index is 0.511. The highest BCUT2D eigenvalue weighted by Crippen LogP contribution is 2.30. The molecule has 0 atom stereocenters. The molecule has 3 rings (SSSR count). The molecule has 0 aliphatic carbocycles. The third kappa shape index (κ3) is 1.53. The van der Waals surface area contributed by atoms with Crippen molar-refractivity contribution in [3.8, 4) is 6.07 Å². The summed E-state index contributed by atoms with van der Waals surface area (Å²) in [5.74, 6) is 2.43. The Kier molecular flexibility index (Phi) is 2.62. The highest BCUT2D eigenvalue weighted by Gasteiger charge is 2.26. The number of nitrogens with one attached hydrogen (secondary N) is 1. The van der Waals surface area contributed by atoms with Crippen LogP contribution in [0.3, 0.4) is 0 Å². The number of rotatable bonds is 1. The minimum Gasteiger partial charge on any atom is -0.307 e. The number of nitrogens with zero attached hydrogens (tertiary/aromatic N) is 3. The van der Waals surface area contributed by atoms with E-state index in [0.29, 0.717) is 11.7 Å². The number of thioether (sulfide) groups is 1. The first kappa shape index (κ1) is 10.2. The Bertz CT molecular complexity index is 440. The van der Waals surface area contributed by atoms with Gasteiger partial charge in [-0.2, -0.15) is 22.1 Å². The van der Waals surface area contributed by atoms with Crippen molar-refractivity contribution in [2.75, 3.05) is 11.5 Å². The lowest BCUT2D eigenvalue weighted by Crippen LogP contribution is -2.19. The van der Waals surface area contributed by atoms with Crippen molar-refractivity contribution < 1.29 is 0 Å². The molecule has 84 valence electrons. The average molecular weight is 234 g/mol. The predicted octanol–water partition coefficient (Wildman–Crippen LogP) is 1.43. The van der Waals surface area contributed by atoms with Gasteiger partial charge in [-0.1, -0.05) is 0 Å². The Labute approximate surface area is 99.0 Å². The summed E-state index contributed by atoms with van der Waals surface area (Å²) in [4.78, 5) is 0. The van der Waals surface area contributed by atoms with Crippen molar-refractivity contribution in [1.29, 1.82) is 5.26 Å². The van der Waals surface area contributed by atoms with Crippen LogP contribution in [-0.2, 0) is 13.1 Å². The Morgan fingerprint density at radius 1 is 1.38 bits per heavy atom. The van der Waals surface area contributed by atoms with Crippen molar-refractivity contribution in [1.82, 2.24) is 15.1 Å². The smallest absolute Gasteiger partial charge is 0.167 e. The van der Waals surface area contributed by atoms with Gasteiger partial charge in [-0.15, -0.1) is 0 Å². The van der Waals surface area contributed by atoms with Gasteiger partial charge in [-0.25, -0.2) is 0 Å². The van der Waals surface area contributed by atoms with Gasteiger partial charge < -0.3 is 5.32 Å². The first-order valence-electron chi connectivity index (χ1n) is 5.69. The molecule has 5 heteroatoms. The molecule has 2 aliphatic rings. The Morgan fingerprint density at radius 2 is 2.19 bits per heavy atom. The zero-order chi connectivity index (χ0) is 11.0. The van der Waals surface area contributed by atoms with E-state index in [1.54, 1.807) is 0 Å². The average Bonchev–Trinajstić information content (AvgIpc) is 2.91. The van der Waals surface area contributed by atoms with Crippen LogP contribution in [0.1, 0.15) is 35.8 Å². The fraction of sp³-hybridized carbons (Fsp3) is 0.636. The van der Waals surface area contributed by atoms with E-state index in [1.807, 2.05) is 11.8 Å². The van der Waals surface area contributed by atoms with Crippen molar-refractivity contribution in [3.63, 3.8) is 0 Å². The molecule has 0 amide bonds. The SMILES string of the molecule is N#Cc1nn(C2CCSCC2)c2c1CNC2. The van der Waals surface area contributed by atoms with E-state index in [1.165, 1.54) is 30.0 Å². The van der Waals surface area contributed by atoms with Crippen LogP contribution in [0.15, 0.2) is 0 Å². The molecular weight excluding hydrogens is 220 g/mol. The lowest BCUT2D eigenvalue weighted by atomic mass is 10.1. The number of fused-ring (bicyclic) bond motifs is 1. The summed E-state index contributed by atoms with van der Waals surface area (Å²) in [6, 6.07) is 2.72. The third-order valence-corrected chi connectivity index (χ3v) is 4.40. The highest BCUT2D eigenvalue weighted by atomic mass is 32.2. The van der Waals surface area contributed by atoms with Crippen molar-refractivity contribution in [3.05, 3.63) is 17.0 Å². The van der Waals surface area contributed by atoms with Gasteiger partial charge in [-0.3, -0.25) is 4.68 Å². The molecule has 1 N–H and O–H groups in total. The largest absolute Gasteiger partial charge is 0.307 e. The number of hydrogen-bond acceptors (Lipinski definition) is 4. The fourth-order valence-electron chi connectivity index (χ4n) is 2.50. The molecule has 3 heterocycles. The summed E-state index contributed by atoms with van der Waals surface area (Å²) in [5, 5.41) is 16.8. The molecule has 1 saturated heterocycles. The molecule has 2 aliphatic heterocycles. The summed E-state index contributed by atoms with van der Waals surface area (Å²) in [6.45, 7) is 1.67.